The molecule has 66 valence electrons. The molecule has 2 N–H and O–H groups in total. The monoisotopic (exact) mass is 201 g/mol. The van der Waals surface area contributed by atoms with Crippen molar-refractivity contribution in [2.24, 2.45) is 11.7 Å². The normalized spacial score (nSPS) is 19.5. The maximum Gasteiger partial charge on any atom is 0.0931 e. The van der Waals surface area contributed by atoms with E-state index in [9.17, 15) is 0 Å². The van der Waals surface area contributed by atoms with Crippen molar-refractivity contribution < 1.29 is 0 Å². The van der Waals surface area contributed by atoms with Crippen LogP contribution < -0.4 is 5.73 Å². The minimum atomic E-state index is 0.357. The minimum Gasteiger partial charge on any atom is -0.327 e. The molecule has 1 aliphatic carbocycles. The minimum absolute atomic E-state index is 0.357. The third-order valence-electron chi connectivity index (χ3n) is 2.32. The van der Waals surface area contributed by atoms with Gasteiger partial charge in [0.05, 0.1) is 4.34 Å². The zero-order chi connectivity index (χ0) is 8.55. The van der Waals surface area contributed by atoms with E-state index in [2.05, 4.69) is 5.38 Å². The molecule has 0 aromatic carbocycles. The molecule has 1 aromatic rings. The molecule has 1 nitrogen and oxygen atoms in total. The third kappa shape index (κ3) is 2.00. The fourth-order valence-corrected chi connectivity index (χ4v) is 2.34. The van der Waals surface area contributed by atoms with E-state index >= 15 is 0 Å². The second kappa shape index (κ2) is 3.36. The fourth-order valence-electron chi connectivity index (χ4n) is 1.42. The van der Waals surface area contributed by atoms with E-state index in [1.165, 1.54) is 18.4 Å². The summed E-state index contributed by atoms with van der Waals surface area (Å²) in [6.07, 6.45) is 3.63. The van der Waals surface area contributed by atoms with Gasteiger partial charge in [-0.1, -0.05) is 11.6 Å². The van der Waals surface area contributed by atoms with Crippen molar-refractivity contribution in [3.05, 3.63) is 21.3 Å². The summed E-state index contributed by atoms with van der Waals surface area (Å²) in [5, 5.41) is 2.10. The van der Waals surface area contributed by atoms with Gasteiger partial charge < -0.3 is 5.73 Å². The van der Waals surface area contributed by atoms with E-state index in [1.54, 1.807) is 11.3 Å². The Morgan fingerprint density at radius 1 is 1.67 bits per heavy atom. The van der Waals surface area contributed by atoms with E-state index in [0.717, 1.165) is 16.7 Å². The number of thiophene rings is 1. The first kappa shape index (κ1) is 8.54. The predicted octanol–water partition coefficient (Wildman–Crippen LogP) is 2.68. The van der Waals surface area contributed by atoms with Crippen LogP contribution in [0.3, 0.4) is 0 Å². The van der Waals surface area contributed by atoms with Crippen LogP contribution in [0.2, 0.25) is 4.34 Å². The van der Waals surface area contributed by atoms with Crippen LogP contribution in [0.4, 0.5) is 0 Å². The Morgan fingerprint density at radius 2 is 2.42 bits per heavy atom. The highest BCUT2D eigenvalue weighted by atomic mass is 35.5. The highest BCUT2D eigenvalue weighted by molar-refractivity contribution is 7.14. The van der Waals surface area contributed by atoms with Crippen LogP contribution in [-0.2, 0) is 6.42 Å². The van der Waals surface area contributed by atoms with Crippen molar-refractivity contribution in [2.45, 2.75) is 25.3 Å². The van der Waals surface area contributed by atoms with Crippen molar-refractivity contribution in [1.82, 2.24) is 0 Å². The van der Waals surface area contributed by atoms with Gasteiger partial charge in [0.2, 0.25) is 0 Å². The van der Waals surface area contributed by atoms with E-state index in [4.69, 9.17) is 17.3 Å². The lowest BCUT2D eigenvalue weighted by Crippen LogP contribution is -2.24. The first-order valence-corrected chi connectivity index (χ1v) is 5.50. The molecule has 0 saturated heterocycles. The quantitative estimate of drug-likeness (QED) is 0.800. The molecule has 0 bridgehead atoms. The highest BCUT2D eigenvalue weighted by Crippen LogP contribution is 2.33. The van der Waals surface area contributed by atoms with E-state index in [-0.39, 0.29) is 0 Å². The molecular weight excluding hydrogens is 190 g/mol. The van der Waals surface area contributed by atoms with Gasteiger partial charge in [0, 0.05) is 6.04 Å². The van der Waals surface area contributed by atoms with Gasteiger partial charge in [-0.25, -0.2) is 0 Å². The van der Waals surface area contributed by atoms with Crippen LogP contribution in [0.5, 0.6) is 0 Å². The van der Waals surface area contributed by atoms with Crippen molar-refractivity contribution in [3.8, 4) is 0 Å². The van der Waals surface area contributed by atoms with Crippen LogP contribution in [0.25, 0.3) is 0 Å². The average Bonchev–Trinajstić information content (AvgIpc) is 2.78. The van der Waals surface area contributed by atoms with Crippen LogP contribution in [0.15, 0.2) is 11.4 Å². The molecule has 0 aliphatic heterocycles. The van der Waals surface area contributed by atoms with Gasteiger partial charge in [-0.15, -0.1) is 11.3 Å². The van der Waals surface area contributed by atoms with Gasteiger partial charge in [0.15, 0.2) is 0 Å². The lowest BCUT2D eigenvalue weighted by atomic mass is 10.1. The van der Waals surface area contributed by atoms with Gasteiger partial charge in [-0.05, 0) is 42.2 Å². The summed E-state index contributed by atoms with van der Waals surface area (Å²) in [6, 6.07) is 2.38. The van der Waals surface area contributed by atoms with Gasteiger partial charge in [-0.3, -0.25) is 0 Å². The van der Waals surface area contributed by atoms with Crippen molar-refractivity contribution in [2.75, 3.05) is 0 Å². The molecule has 1 aliphatic rings. The Kier molecular flexibility index (Phi) is 2.40. The number of rotatable bonds is 3. The van der Waals surface area contributed by atoms with Gasteiger partial charge in [0.1, 0.15) is 0 Å². The first-order valence-electron chi connectivity index (χ1n) is 4.24. The SMILES string of the molecule is NC(Cc1csc(Cl)c1)C1CC1. The lowest BCUT2D eigenvalue weighted by Gasteiger charge is -2.07. The standard InChI is InChI=1S/C9H12ClNS/c10-9-4-6(5-12-9)3-8(11)7-1-2-7/h4-5,7-8H,1-3,11H2. The Hall–Kier alpha value is -0.0500. The summed E-state index contributed by atoms with van der Waals surface area (Å²) in [4.78, 5) is 0. The summed E-state index contributed by atoms with van der Waals surface area (Å²) in [7, 11) is 0. The summed E-state index contributed by atoms with van der Waals surface area (Å²) < 4.78 is 0.869. The molecule has 0 spiro atoms. The van der Waals surface area contributed by atoms with Gasteiger partial charge in [0.25, 0.3) is 0 Å². The molecule has 0 amide bonds. The molecule has 1 atom stereocenters. The summed E-state index contributed by atoms with van der Waals surface area (Å²) >= 11 is 7.41. The zero-order valence-electron chi connectivity index (χ0n) is 6.79. The molecule has 1 unspecified atom stereocenters. The molecule has 2 rings (SSSR count). The Labute approximate surface area is 81.5 Å². The van der Waals surface area contributed by atoms with Gasteiger partial charge in [-0.2, -0.15) is 0 Å². The zero-order valence-corrected chi connectivity index (χ0v) is 8.37. The molecule has 3 heteroatoms. The maximum atomic E-state index is 5.98. The molecule has 1 saturated carbocycles. The van der Waals surface area contributed by atoms with Crippen molar-refractivity contribution in [3.63, 3.8) is 0 Å². The fraction of sp³-hybridized carbons (Fsp3) is 0.556. The van der Waals surface area contributed by atoms with E-state index in [1.807, 2.05) is 6.07 Å². The number of hydrogen-bond donors (Lipinski definition) is 1. The molecular formula is C9H12ClNS. The Balaban J connectivity index is 1.93. The van der Waals surface area contributed by atoms with Crippen molar-refractivity contribution in [1.29, 1.82) is 0 Å². The Morgan fingerprint density at radius 3 is 2.92 bits per heavy atom. The topological polar surface area (TPSA) is 26.0 Å². The van der Waals surface area contributed by atoms with Crippen LogP contribution >= 0.6 is 22.9 Å². The highest BCUT2D eigenvalue weighted by Gasteiger charge is 2.28. The largest absolute Gasteiger partial charge is 0.327 e. The van der Waals surface area contributed by atoms with Crippen molar-refractivity contribution >= 4 is 22.9 Å². The summed E-state index contributed by atoms with van der Waals surface area (Å²) in [5.41, 5.74) is 7.28. The lowest BCUT2D eigenvalue weighted by molar-refractivity contribution is 0.592. The second-order valence-electron chi connectivity index (χ2n) is 3.46. The molecule has 1 heterocycles. The molecule has 1 aromatic heterocycles. The van der Waals surface area contributed by atoms with Crippen LogP contribution in [-0.4, -0.2) is 6.04 Å². The van der Waals surface area contributed by atoms with Crippen LogP contribution in [0.1, 0.15) is 18.4 Å². The maximum absolute atomic E-state index is 5.98. The number of nitrogens with two attached hydrogens (primary N) is 1. The third-order valence-corrected chi connectivity index (χ3v) is 3.46. The summed E-state index contributed by atoms with van der Waals surface area (Å²) in [6.45, 7) is 0. The predicted molar refractivity (Wildman–Crippen MR) is 53.7 cm³/mol. The molecule has 1 fully saturated rings. The molecule has 0 radical (unpaired) electrons. The number of hydrogen-bond acceptors (Lipinski definition) is 2. The van der Waals surface area contributed by atoms with E-state index < -0.39 is 0 Å². The van der Waals surface area contributed by atoms with E-state index in [0.29, 0.717) is 6.04 Å². The summed E-state index contributed by atoms with van der Waals surface area (Å²) in [5.74, 6) is 0.781. The van der Waals surface area contributed by atoms with Gasteiger partial charge >= 0.3 is 0 Å². The second-order valence-corrected chi connectivity index (χ2v) is 5.01. The first-order chi connectivity index (χ1) is 5.75. The number of halogens is 1. The smallest absolute Gasteiger partial charge is 0.0931 e. The Bertz CT molecular complexity index is 267. The van der Waals surface area contributed by atoms with Crippen LogP contribution in [0, 0.1) is 5.92 Å². The molecule has 12 heavy (non-hydrogen) atoms. The average molecular weight is 202 g/mol.